The summed E-state index contributed by atoms with van der Waals surface area (Å²) in [6, 6.07) is 0. The zero-order valence-corrected chi connectivity index (χ0v) is 13.6. The number of halogens is 1. The minimum atomic E-state index is 0.379. The van der Waals surface area contributed by atoms with Gasteiger partial charge in [-0.3, -0.25) is 0 Å². The van der Waals surface area contributed by atoms with Crippen molar-refractivity contribution in [3.63, 3.8) is 0 Å². The van der Waals surface area contributed by atoms with Gasteiger partial charge in [0.25, 0.3) is 0 Å². The number of rotatable bonds is 1. The van der Waals surface area contributed by atoms with Crippen molar-refractivity contribution >= 4 is 11.6 Å². The quantitative estimate of drug-likeness (QED) is 0.366. The van der Waals surface area contributed by atoms with Gasteiger partial charge in [-0.05, 0) is 0 Å². The summed E-state index contributed by atoms with van der Waals surface area (Å²) in [7, 11) is 0. The molecule has 0 unspecified atom stereocenters. The number of allylic oxidation sites excluding steroid dienone is 5. The first-order chi connectivity index (χ1) is 6.43. The molecule has 1 aliphatic rings. The molecule has 0 nitrogen and oxygen atoms in total. The summed E-state index contributed by atoms with van der Waals surface area (Å²) in [6.45, 7) is 10.2. The predicted octanol–water partition coefficient (Wildman–Crippen LogP) is 4.20. The van der Waals surface area contributed by atoms with Gasteiger partial charge < -0.3 is 0 Å². The van der Waals surface area contributed by atoms with Gasteiger partial charge in [0.05, 0.1) is 0 Å². The van der Waals surface area contributed by atoms with Crippen molar-refractivity contribution in [2.75, 3.05) is 5.88 Å². The normalized spacial score (nSPS) is 15.1. The van der Waals surface area contributed by atoms with Crippen molar-refractivity contribution in [1.29, 1.82) is 0 Å². The second-order valence-corrected chi connectivity index (χ2v) is 6.67. The van der Waals surface area contributed by atoms with Gasteiger partial charge in [-0.1, -0.05) is 6.08 Å². The molecule has 0 aliphatic heterocycles. The van der Waals surface area contributed by atoms with Crippen LogP contribution in [0.25, 0.3) is 0 Å². The Bertz CT molecular complexity index is 244. The van der Waals surface area contributed by atoms with Gasteiger partial charge in [-0.2, -0.15) is 0 Å². The summed E-state index contributed by atoms with van der Waals surface area (Å²) in [5, 5.41) is 0. The van der Waals surface area contributed by atoms with E-state index in [1.54, 1.807) is 15.0 Å². The molecular formula is C12H18ClHf. The van der Waals surface area contributed by atoms with E-state index in [-0.39, 0.29) is 0 Å². The van der Waals surface area contributed by atoms with Crippen molar-refractivity contribution in [2.24, 2.45) is 5.41 Å². The molecule has 0 saturated carbocycles. The third-order valence-electron chi connectivity index (χ3n) is 1.85. The monoisotopic (exact) mass is 377 g/mol. The van der Waals surface area contributed by atoms with Crippen molar-refractivity contribution < 1.29 is 24.4 Å². The third kappa shape index (κ3) is 5.31. The van der Waals surface area contributed by atoms with Crippen LogP contribution in [0, 0.1) is 5.41 Å². The molecule has 1 aliphatic carbocycles. The molecule has 0 amide bonds. The zero-order valence-electron chi connectivity index (χ0n) is 9.23. The molecule has 0 atom stereocenters. The van der Waals surface area contributed by atoms with Gasteiger partial charge in [0.1, 0.15) is 0 Å². The van der Waals surface area contributed by atoms with Crippen LogP contribution in [0.1, 0.15) is 27.2 Å². The van der Waals surface area contributed by atoms with Crippen LogP contribution in [0.15, 0.2) is 33.7 Å². The average Bonchev–Trinajstić information content (AvgIpc) is 2.51. The van der Waals surface area contributed by atoms with Crippen LogP contribution < -0.4 is 0 Å². The molecule has 77 valence electrons. The fourth-order valence-corrected chi connectivity index (χ4v) is 3.28. The third-order valence-corrected chi connectivity index (χ3v) is 3.77. The number of hydrogen-bond acceptors (Lipinski definition) is 0. The summed E-state index contributed by atoms with van der Waals surface area (Å²) >= 11 is 6.30. The Labute approximate surface area is 108 Å². The molecule has 0 saturated heterocycles. The molecule has 0 N–H and O–H groups in total. The predicted molar refractivity (Wildman–Crippen MR) is 61.2 cm³/mol. The van der Waals surface area contributed by atoms with E-state index < -0.39 is 0 Å². The summed E-state index contributed by atoms with van der Waals surface area (Å²) in [6.07, 6.45) is 7.44. The van der Waals surface area contributed by atoms with E-state index in [0.29, 0.717) is 11.3 Å². The maximum atomic E-state index is 5.07. The van der Waals surface area contributed by atoms with Crippen LogP contribution in [0.2, 0.25) is 0 Å². The Morgan fingerprint density at radius 2 is 2.07 bits per heavy atom. The topological polar surface area (TPSA) is 0 Å². The van der Waals surface area contributed by atoms with E-state index >= 15 is 0 Å². The Balaban J connectivity index is 0.000000364. The second-order valence-electron chi connectivity index (χ2n) is 4.19. The first kappa shape index (κ1) is 14.4. The molecule has 0 aromatic rings. The summed E-state index contributed by atoms with van der Waals surface area (Å²) in [5.41, 5.74) is 1.96. The number of hydrogen-bond donors (Lipinski definition) is 0. The van der Waals surface area contributed by atoms with Crippen LogP contribution in [0.5, 0.6) is 0 Å². The molecule has 0 fully saturated rings. The van der Waals surface area contributed by atoms with Crippen LogP contribution in [-0.4, -0.2) is 5.88 Å². The first-order valence-electron chi connectivity index (χ1n) is 4.72. The molecule has 0 bridgehead atoms. The molecule has 0 radical (unpaired) electrons. The van der Waals surface area contributed by atoms with E-state index in [1.807, 2.05) is 0 Å². The minimum absolute atomic E-state index is 0.379. The fourth-order valence-electron chi connectivity index (χ4n) is 1.21. The van der Waals surface area contributed by atoms with Crippen molar-refractivity contribution in [1.82, 2.24) is 0 Å². The fraction of sp³-hybridized carbons (Fsp3) is 0.500. The van der Waals surface area contributed by atoms with Crippen LogP contribution in [0.4, 0.5) is 0 Å². The molecule has 14 heavy (non-hydrogen) atoms. The Morgan fingerprint density at radius 1 is 1.57 bits per heavy atom. The van der Waals surface area contributed by atoms with Gasteiger partial charge in [0, 0.05) is 5.88 Å². The van der Waals surface area contributed by atoms with Crippen LogP contribution in [0.3, 0.4) is 0 Å². The number of alkyl halides is 1. The average molecular weight is 376 g/mol. The molecular weight excluding hydrogens is 358 g/mol. The van der Waals surface area contributed by atoms with Gasteiger partial charge in [0.2, 0.25) is 0 Å². The van der Waals surface area contributed by atoms with Gasteiger partial charge in [-0.25, -0.2) is 0 Å². The summed E-state index contributed by atoms with van der Waals surface area (Å²) in [5.74, 6) is 0.556. The SMILES string of the molecule is C=CCCl.CC(C)(C)C1=[C]([Hf])CC=C1. The maximum absolute atomic E-state index is 5.07. The van der Waals surface area contributed by atoms with E-state index in [1.165, 1.54) is 30.8 Å². The molecule has 1 rings (SSSR count). The van der Waals surface area contributed by atoms with E-state index in [0.717, 1.165) is 0 Å². The molecule has 0 aromatic carbocycles. The standard InChI is InChI=1S/C9H13.C3H5Cl.Hf/c1-9(2,3)8-6-4-5-7-8;1-2-3-4;/h4,6H,5H2,1-3H3;2H,1,3H2;. The second kappa shape index (κ2) is 6.79. The van der Waals surface area contributed by atoms with Crippen LogP contribution >= 0.6 is 11.6 Å². The zero-order chi connectivity index (χ0) is 11.2. The van der Waals surface area contributed by atoms with Gasteiger partial charge >= 0.3 is 78.0 Å². The van der Waals surface area contributed by atoms with E-state index in [4.69, 9.17) is 11.6 Å². The van der Waals surface area contributed by atoms with Crippen molar-refractivity contribution in [3.8, 4) is 0 Å². The molecule has 0 aromatic heterocycles. The molecule has 0 heterocycles. The molecule has 0 spiro atoms. The first-order valence-corrected chi connectivity index (χ1v) is 7.05. The van der Waals surface area contributed by atoms with Crippen molar-refractivity contribution in [3.05, 3.63) is 33.7 Å². The van der Waals surface area contributed by atoms with E-state index in [9.17, 15) is 0 Å². The molecule has 2 heteroatoms. The summed E-state index contributed by atoms with van der Waals surface area (Å²) in [4.78, 5) is 0. The van der Waals surface area contributed by atoms with Crippen LogP contribution in [-0.2, 0) is 24.4 Å². The Hall–Kier alpha value is 0.380. The van der Waals surface area contributed by atoms with Gasteiger partial charge in [0.15, 0.2) is 0 Å². The van der Waals surface area contributed by atoms with Gasteiger partial charge in [-0.15, -0.1) is 18.2 Å². The Kier molecular flexibility index (Phi) is 6.97. The van der Waals surface area contributed by atoms with E-state index in [2.05, 4.69) is 39.5 Å². The van der Waals surface area contributed by atoms with Crippen molar-refractivity contribution in [2.45, 2.75) is 27.2 Å². The summed E-state index contributed by atoms with van der Waals surface area (Å²) < 4.78 is 1.67. The Morgan fingerprint density at radius 3 is 2.21 bits per heavy atom.